The Morgan fingerprint density at radius 3 is 2.45 bits per heavy atom. The number of nitrogens with zero attached hydrogens (tertiary/aromatic N) is 2. The molecule has 3 nitrogen and oxygen atoms in total. The van der Waals surface area contributed by atoms with Gasteiger partial charge in [-0.3, -0.25) is 0 Å². The minimum Gasteiger partial charge on any atom is -0.411 e. The Kier molecular flexibility index (Phi) is 1.42. The fourth-order valence-corrected chi connectivity index (χ4v) is 2.32. The summed E-state index contributed by atoms with van der Waals surface area (Å²) in [5, 5.41) is 12.1. The van der Waals surface area contributed by atoms with E-state index < -0.39 is 0 Å². The predicted octanol–water partition coefficient (Wildman–Crippen LogP) is 0.687. The molecule has 3 fully saturated rings. The molecule has 0 spiro atoms. The van der Waals surface area contributed by atoms with Gasteiger partial charge in [0.05, 0.1) is 20.1 Å². The van der Waals surface area contributed by atoms with Gasteiger partial charge in [-0.05, 0) is 0 Å². The van der Waals surface area contributed by atoms with Gasteiger partial charge < -0.3 is 9.69 Å². The molecular formula is C8H15N2O+. The number of rotatable bonds is 0. The third-order valence-corrected chi connectivity index (χ3v) is 3.18. The van der Waals surface area contributed by atoms with Crippen molar-refractivity contribution >= 4 is 5.71 Å². The number of fused-ring (bicyclic) bond motifs is 3. The molecule has 11 heavy (non-hydrogen) atoms. The lowest BCUT2D eigenvalue weighted by molar-refractivity contribution is -0.911. The molecule has 3 saturated heterocycles. The van der Waals surface area contributed by atoms with Crippen molar-refractivity contribution < 1.29 is 9.69 Å². The smallest absolute Gasteiger partial charge is 0.121 e. The van der Waals surface area contributed by atoms with Crippen LogP contribution < -0.4 is 0 Å². The first-order chi connectivity index (χ1) is 5.23. The molecule has 0 aromatic carbocycles. The van der Waals surface area contributed by atoms with Crippen LogP contribution in [0.25, 0.3) is 0 Å². The van der Waals surface area contributed by atoms with Crippen LogP contribution in [0.15, 0.2) is 5.16 Å². The molecule has 0 aromatic rings. The van der Waals surface area contributed by atoms with Crippen LogP contribution in [0.3, 0.4) is 0 Å². The Morgan fingerprint density at radius 1 is 1.45 bits per heavy atom. The highest BCUT2D eigenvalue weighted by Crippen LogP contribution is 2.29. The standard InChI is InChI=1S/C8H14N2O/c1-10-4-2-7(3-5-10)8(6-10)9-11/h7H,2-6H2,1H3/p+1. The van der Waals surface area contributed by atoms with Gasteiger partial charge in [0.2, 0.25) is 0 Å². The summed E-state index contributed by atoms with van der Waals surface area (Å²) in [5.41, 5.74) is 1.03. The second kappa shape index (κ2) is 2.21. The minimum atomic E-state index is 0.597. The summed E-state index contributed by atoms with van der Waals surface area (Å²) in [6, 6.07) is 0. The van der Waals surface area contributed by atoms with E-state index in [2.05, 4.69) is 12.2 Å². The molecule has 2 bridgehead atoms. The first-order valence-electron chi connectivity index (χ1n) is 4.28. The number of quaternary nitrogens is 1. The monoisotopic (exact) mass is 155 g/mol. The van der Waals surface area contributed by atoms with Crippen LogP contribution in [0.5, 0.6) is 0 Å². The molecule has 3 aliphatic rings. The van der Waals surface area contributed by atoms with Crippen molar-refractivity contribution in [1.29, 1.82) is 0 Å². The number of hydrogen-bond acceptors (Lipinski definition) is 2. The first-order valence-corrected chi connectivity index (χ1v) is 4.28. The maximum atomic E-state index is 8.71. The molecule has 0 radical (unpaired) electrons. The van der Waals surface area contributed by atoms with E-state index in [9.17, 15) is 0 Å². The van der Waals surface area contributed by atoms with Gasteiger partial charge in [-0.15, -0.1) is 0 Å². The van der Waals surface area contributed by atoms with Crippen LogP contribution in [-0.2, 0) is 0 Å². The highest BCUT2D eigenvalue weighted by atomic mass is 16.4. The molecule has 1 N–H and O–H groups in total. The van der Waals surface area contributed by atoms with E-state index in [4.69, 9.17) is 5.21 Å². The molecule has 3 heteroatoms. The van der Waals surface area contributed by atoms with Crippen molar-refractivity contribution in [2.24, 2.45) is 11.1 Å². The molecule has 0 unspecified atom stereocenters. The van der Waals surface area contributed by atoms with E-state index >= 15 is 0 Å². The lowest BCUT2D eigenvalue weighted by Crippen LogP contribution is -2.59. The van der Waals surface area contributed by atoms with E-state index in [0.29, 0.717) is 5.92 Å². The van der Waals surface area contributed by atoms with Gasteiger partial charge in [0, 0.05) is 18.8 Å². The molecule has 62 valence electrons. The Morgan fingerprint density at radius 2 is 2.09 bits per heavy atom. The number of piperidine rings is 3. The summed E-state index contributed by atoms with van der Waals surface area (Å²) in [4.78, 5) is 0. The topological polar surface area (TPSA) is 32.6 Å². The van der Waals surface area contributed by atoms with Gasteiger partial charge in [0.15, 0.2) is 0 Å². The van der Waals surface area contributed by atoms with Crippen LogP contribution in [0.1, 0.15) is 12.8 Å². The van der Waals surface area contributed by atoms with Crippen molar-refractivity contribution in [3.05, 3.63) is 0 Å². The van der Waals surface area contributed by atoms with Gasteiger partial charge in [0.25, 0.3) is 0 Å². The zero-order chi connectivity index (χ0) is 7.90. The molecule has 0 aliphatic carbocycles. The molecule has 3 rings (SSSR count). The maximum absolute atomic E-state index is 8.71. The maximum Gasteiger partial charge on any atom is 0.121 e. The van der Waals surface area contributed by atoms with Crippen molar-refractivity contribution in [2.75, 3.05) is 26.7 Å². The van der Waals surface area contributed by atoms with Crippen molar-refractivity contribution in [1.82, 2.24) is 0 Å². The second-order valence-electron chi connectivity index (χ2n) is 4.09. The van der Waals surface area contributed by atoms with Crippen LogP contribution in [0, 0.1) is 5.92 Å². The lowest BCUT2D eigenvalue weighted by Gasteiger charge is -2.46. The molecule has 0 atom stereocenters. The van der Waals surface area contributed by atoms with E-state index in [0.717, 1.165) is 16.7 Å². The summed E-state index contributed by atoms with van der Waals surface area (Å²) in [6.07, 6.45) is 2.44. The van der Waals surface area contributed by atoms with Crippen molar-refractivity contribution in [2.45, 2.75) is 12.8 Å². The predicted molar refractivity (Wildman–Crippen MR) is 42.7 cm³/mol. The third-order valence-electron chi connectivity index (χ3n) is 3.18. The summed E-state index contributed by atoms with van der Waals surface area (Å²) < 4.78 is 1.09. The summed E-state index contributed by atoms with van der Waals surface area (Å²) >= 11 is 0. The molecule has 3 aliphatic heterocycles. The van der Waals surface area contributed by atoms with E-state index in [1.807, 2.05) is 0 Å². The Balaban J connectivity index is 2.22. The largest absolute Gasteiger partial charge is 0.411 e. The summed E-state index contributed by atoms with van der Waals surface area (Å²) in [7, 11) is 2.25. The van der Waals surface area contributed by atoms with Gasteiger partial charge in [-0.1, -0.05) is 5.16 Å². The van der Waals surface area contributed by atoms with Crippen molar-refractivity contribution in [3.8, 4) is 0 Å². The van der Waals surface area contributed by atoms with E-state index in [-0.39, 0.29) is 0 Å². The van der Waals surface area contributed by atoms with Crippen LogP contribution in [-0.4, -0.2) is 42.1 Å². The van der Waals surface area contributed by atoms with E-state index in [1.165, 1.54) is 25.9 Å². The zero-order valence-corrected chi connectivity index (χ0v) is 6.95. The van der Waals surface area contributed by atoms with Gasteiger partial charge in [-0.2, -0.15) is 0 Å². The Hall–Kier alpha value is -0.570. The summed E-state index contributed by atoms with van der Waals surface area (Å²) in [6.45, 7) is 3.51. The first kappa shape index (κ1) is 7.10. The SMILES string of the molecule is C[N+]12CCC(CC1)C(=NO)C2. The molecule has 3 heterocycles. The number of hydrogen-bond donors (Lipinski definition) is 1. The minimum absolute atomic E-state index is 0.597. The van der Waals surface area contributed by atoms with Crippen molar-refractivity contribution in [3.63, 3.8) is 0 Å². The summed E-state index contributed by atoms with van der Waals surface area (Å²) in [5.74, 6) is 0.597. The van der Waals surface area contributed by atoms with Gasteiger partial charge in [0.1, 0.15) is 12.3 Å². The number of oxime groups is 1. The fraction of sp³-hybridized carbons (Fsp3) is 0.875. The molecule has 0 amide bonds. The average Bonchev–Trinajstić information content (AvgIpc) is 2.04. The van der Waals surface area contributed by atoms with Gasteiger partial charge >= 0.3 is 0 Å². The van der Waals surface area contributed by atoms with Crippen LogP contribution in [0.2, 0.25) is 0 Å². The highest BCUT2D eigenvalue weighted by molar-refractivity contribution is 5.88. The lowest BCUT2D eigenvalue weighted by atomic mass is 9.85. The Labute approximate surface area is 66.9 Å². The third kappa shape index (κ3) is 1.03. The van der Waals surface area contributed by atoms with Crippen LogP contribution >= 0.6 is 0 Å². The second-order valence-corrected chi connectivity index (χ2v) is 4.09. The zero-order valence-electron chi connectivity index (χ0n) is 6.95. The van der Waals surface area contributed by atoms with E-state index in [1.54, 1.807) is 0 Å². The molecule has 0 aromatic heterocycles. The molecular weight excluding hydrogens is 140 g/mol. The fourth-order valence-electron chi connectivity index (χ4n) is 2.32. The van der Waals surface area contributed by atoms with Gasteiger partial charge in [-0.25, -0.2) is 0 Å². The molecule has 0 saturated carbocycles. The normalized spacial score (nSPS) is 46.6. The quantitative estimate of drug-likeness (QED) is 0.311. The highest BCUT2D eigenvalue weighted by Gasteiger charge is 2.41. The van der Waals surface area contributed by atoms with Crippen LogP contribution in [0.4, 0.5) is 0 Å². The average molecular weight is 155 g/mol. The Bertz CT molecular complexity index is 192.